The molecule has 2 bridgehead atoms. The van der Waals surface area contributed by atoms with Gasteiger partial charge in [-0.05, 0) is 31.1 Å². The molecule has 9 nitrogen and oxygen atoms in total. The highest BCUT2D eigenvalue weighted by molar-refractivity contribution is 6.06. The largest absolute Gasteiger partial charge is 0.356 e. The third-order valence-electron chi connectivity index (χ3n) is 6.50. The smallest absolute Gasteiger partial charge is 0.233 e. The molecule has 4 atom stereocenters. The maximum Gasteiger partial charge on any atom is 0.233 e. The zero-order valence-electron chi connectivity index (χ0n) is 18.5. The summed E-state index contributed by atoms with van der Waals surface area (Å²) < 4.78 is 5.25. The van der Waals surface area contributed by atoms with Crippen molar-refractivity contribution in [2.24, 2.45) is 28.7 Å². The van der Waals surface area contributed by atoms with Crippen LogP contribution in [0.15, 0.2) is 21.7 Å². The van der Waals surface area contributed by atoms with Crippen molar-refractivity contribution in [2.45, 2.75) is 45.4 Å². The zero-order valence-corrected chi connectivity index (χ0v) is 18.5. The number of nitrogens with one attached hydrogen (secondary N) is 2. The fourth-order valence-electron chi connectivity index (χ4n) is 4.90. The summed E-state index contributed by atoms with van der Waals surface area (Å²) in [6.45, 7) is 5.89. The summed E-state index contributed by atoms with van der Waals surface area (Å²) in [5.74, 6) is 2.71. The number of amides is 2. The maximum atomic E-state index is 12.7. The number of imide groups is 1. The first kappa shape index (κ1) is 21.5. The highest BCUT2D eigenvalue weighted by Crippen LogP contribution is 2.52. The van der Waals surface area contributed by atoms with Crippen molar-refractivity contribution in [3.8, 4) is 0 Å². The molecule has 2 aliphatic carbocycles. The minimum Gasteiger partial charge on any atom is -0.356 e. The van der Waals surface area contributed by atoms with Gasteiger partial charge < -0.3 is 15.2 Å². The Hall–Kier alpha value is -2.71. The second kappa shape index (κ2) is 9.20. The Bertz CT molecular complexity index is 846. The number of hydrogen-bond donors (Lipinski definition) is 2. The van der Waals surface area contributed by atoms with Crippen molar-refractivity contribution >= 4 is 17.8 Å². The number of aromatic nitrogens is 2. The number of rotatable bonds is 9. The highest BCUT2D eigenvalue weighted by atomic mass is 16.5. The van der Waals surface area contributed by atoms with E-state index in [2.05, 4.69) is 37.9 Å². The lowest BCUT2D eigenvalue weighted by atomic mass is 9.85. The molecule has 4 rings (SSSR count). The molecule has 0 radical (unpaired) electrons. The Morgan fingerprint density at radius 2 is 1.81 bits per heavy atom. The summed E-state index contributed by atoms with van der Waals surface area (Å²) in [6, 6.07) is 0. The topological polar surface area (TPSA) is 113 Å². The average molecular weight is 429 g/mol. The van der Waals surface area contributed by atoms with E-state index in [-0.39, 0.29) is 41.4 Å². The molecular formula is C22H32N6O3. The van der Waals surface area contributed by atoms with Gasteiger partial charge in [-0.25, -0.2) is 0 Å². The van der Waals surface area contributed by atoms with Gasteiger partial charge in [0.05, 0.1) is 11.8 Å². The van der Waals surface area contributed by atoms with Crippen LogP contribution < -0.4 is 10.6 Å². The molecule has 2 fully saturated rings. The fraction of sp³-hybridized carbons (Fsp3) is 0.682. The molecule has 9 heteroatoms. The third-order valence-corrected chi connectivity index (χ3v) is 6.50. The minimum atomic E-state index is -0.111. The molecule has 4 unspecified atom stereocenters. The zero-order chi connectivity index (χ0) is 22.0. The summed E-state index contributed by atoms with van der Waals surface area (Å²) in [4.78, 5) is 35.5. The van der Waals surface area contributed by atoms with Crippen molar-refractivity contribution in [3.63, 3.8) is 0 Å². The van der Waals surface area contributed by atoms with Crippen LogP contribution in [-0.2, 0) is 16.0 Å². The number of carbonyl (C=O) groups is 2. The van der Waals surface area contributed by atoms with Crippen LogP contribution in [0.1, 0.15) is 50.7 Å². The van der Waals surface area contributed by atoms with Crippen molar-refractivity contribution in [1.82, 2.24) is 25.7 Å². The molecule has 2 N–H and O–H groups in total. The Kier molecular flexibility index (Phi) is 6.38. The summed E-state index contributed by atoms with van der Waals surface area (Å²) in [7, 11) is 1.72. The standard InChI is InChI=1S/C22H32N6O3/c1-13(2)19-26-16(31-27-19)6-4-9-24-22(23-3)25-10-5-11-28-20(29)17-14-7-8-15(12-14)18(17)21(28)30/h7-8,13-15,17-18H,4-6,9-12H2,1-3H3,(H2,23,24,25). The third kappa shape index (κ3) is 4.36. The summed E-state index contributed by atoms with van der Waals surface area (Å²) in [5, 5.41) is 10.5. The quantitative estimate of drug-likeness (QED) is 0.201. The molecule has 1 aliphatic heterocycles. The van der Waals surface area contributed by atoms with Crippen LogP contribution in [0, 0.1) is 23.7 Å². The second-order valence-corrected chi connectivity index (χ2v) is 8.91. The van der Waals surface area contributed by atoms with Crippen LogP contribution in [0.4, 0.5) is 0 Å². The number of nitrogens with zero attached hydrogens (tertiary/aromatic N) is 4. The number of carbonyl (C=O) groups excluding carboxylic acids is 2. The lowest BCUT2D eigenvalue weighted by Gasteiger charge is -2.18. The van der Waals surface area contributed by atoms with Crippen molar-refractivity contribution in [3.05, 3.63) is 23.9 Å². The molecule has 2 heterocycles. The van der Waals surface area contributed by atoms with Gasteiger partial charge in [0.15, 0.2) is 11.8 Å². The van der Waals surface area contributed by atoms with Gasteiger partial charge >= 0.3 is 0 Å². The van der Waals surface area contributed by atoms with Crippen LogP contribution in [0.25, 0.3) is 0 Å². The van der Waals surface area contributed by atoms with Crippen LogP contribution >= 0.6 is 0 Å². The number of aliphatic imine (C=N–C) groups is 1. The lowest BCUT2D eigenvalue weighted by molar-refractivity contribution is -0.140. The van der Waals surface area contributed by atoms with Crippen LogP contribution in [0.2, 0.25) is 0 Å². The van der Waals surface area contributed by atoms with Gasteiger partial charge in [0.25, 0.3) is 0 Å². The van der Waals surface area contributed by atoms with E-state index < -0.39 is 0 Å². The van der Waals surface area contributed by atoms with E-state index in [1.54, 1.807) is 7.05 Å². The van der Waals surface area contributed by atoms with E-state index in [9.17, 15) is 9.59 Å². The highest BCUT2D eigenvalue weighted by Gasteiger charge is 2.58. The lowest BCUT2D eigenvalue weighted by Crippen LogP contribution is -2.40. The van der Waals surface area contributed by atoms with Gasteiger partial charge in [-0.15, -0.1) is 0 Å². The van der Waals surface area contributed by atoms with Gasteiger partial charge in [0.2, 0.25) is 17.7 Å². The first-order valence-electron chi connectivity index (χ1n) is 11.3. The predicted molar refractivity (Wildman–Crippen MR) is 115 cm³/mol. The minimum absolute atomic E-state index is 0.0241. The molecule has 0 aromatic carbocycles. The van der Waals surface area contributed by atoms with Crippen molar-refractivity contribution < 1.29 is 14.1 Å². The van der Waals surface area contributed by atoms with E-state index in [4.69, 9.17) is 4.52 Å². The first-order chi connectivity index (χ1) is 15.0. The SMILES string of the molecule is CN=C(NCCCc1nc(C(C)C)no1)NCCCN1C(=O)C2C3C=CC(C3)C2C1=O. The van der Waals surface area contributed by atoms with Crippen LogP contribution in [0.5, 0.6) is 0 Å². The first-order valence-corrected chi connectivity index (χ1v) is 11.3. The summed E-state index contributed by atoms with van der Waals surface area (Å²) in [6.07, 6.45) is 7.47. The monoisotopic (exact) mass is 428 g/mol. The van der Waals surface area contributed by atoms with Crippen molar-refractivity contribution in [1.29, 1.82) is 0 Å². The fourth-order valence-corrected chi connectivity index (χ4v) is 4.90. The Labute approximate surface area is 182 Å². The number of fused-ring (bicyclic) bond motifs is 5. The van der Waals surface area contributed by atoms with E-state index in [0.29, 0.717) is 37.8 Å². The molecule has 1 aromatic rings. The normalized spacial score (nSPS) is 27.0. The van der Waals surface area contributed by atoms with Gasteiger partial charge in [0.1, 0.15) is 0 Å². The number of allylic oxidation sites excluding steroid dienone is 2. The van der Waals surface area contributed by atoms with Gasteiger partial charge in [-0.1, -0.05) is 31.2 Å². The van der Waals surface area contributed by atoms with Gasteiger partial charge in [0, 0.05) is 39.0 Å². The summed E-state index contributed by atoms with van der Waals surface area (Å²) >= 11 is 0. The van der Waals surface area contributed by atoms with Crippen LogP contribution in [0.3, 0.4) is 0 Å². The maximum absolute atomic E-state index is 12.7. The van der Waals surface area contributed by atoms with Gasteiger partial charge in [-0.2, -0.15) is 4.98 Å². The molecule has 1 aromatic heterocycles. The van der Waals surface area contributed by atoms with Gasteiger partial charge in [-0.3, -0.25) is 19.5 Å². The molecule has 3 aliphatic rings. The number of guanidine groups is 1. The second-order valence-electron chi connectivity index (χ2n) is 8.91. The molecule has 2 amide bonds. The van der Waals surface area contributed by atoms with E-state index in [1.807, 2.05) is 13.8 Å². The van der Waals surface area contributed by atoms with E-state index in [0.717, 1.165) is 25.2 Å². The average Bonchev–Trinajstić information content (AvgIpc) is 3.53. The molecule has 31 heavy (non-hydrogen) atoms. The Morgan fingerprint density at radius 1 is 1.16 bits per heavy atom. The Balaban J connectivity index is 1.13. The molecule has 1 saturated carbocycles. The summed E-state index contributed by atoms with van der Waals surface area (Å²) in [5.41, 5.74) is 0. The number of likely N-dealkylation sites (tertiary alicyclic amines) is 1. The molecular weight excluding hydrogens is 396 g/mol. The predicted octanol–water partition coefficient (Wildman–Crippen LogP) is 1.49. The number of aryl methyl sites for hydroxylation is 1. The molecule has 0 spiro atoms. The van der Waals surface area contributed by atoms with E-state index in [1.165, 1.54) is 4.90 Å². The molecule has 1 saturated heterocycles. The Morgan fingerprint density at radius 3 is 2.39 bits per heavy atom. The molecule has 168 valence electrons. The van der Waals surface area contributed by atoms with Crippen molar-refractivity contribution in [2.75, 3.05) is 26.7 Å². The van der Waals surface area contributed by atoms with E-state index >= 15 is 0 Å². The number of hydrogen-bond acceptors (Lipinski definition) is 6. The van der Waals surface area contributed by atoms with Crippen LogP contribution in [-0.4, -0.2) is 59.5 Å².